The molecule has 0 aliphatic carbocycles. The largest absolute Gasteiger partial charge is 0.374 e. The normalized spacial score (nSPS) is 24.2. The van der Waals surface area contributed by atoms with Crippen molar-refractivity contribution in [2.75, 3.05) is 57.8 Å². The van der Waals surface area contributed by atoms with Crippen LogP contribution < -0.4 is 15.5 Å². The van der Waals surface area contributed by atoms with Crippen LogP contribution in [0.3, 0.4) is 0 Å². The Morgan fingerprint density at radius 1 is 1.23 bits per heavy atom. The van der Waals surface area contributed by atoms with Crippen LogP contribution in [0.4, 0.5) is 5.69 Å². The van der Waals surface area contributed by atoms with E-state index >= 15 is 0 Å². The van der Waals surface area contributed by atoms with Gasteiger partial charge in [-0.05, 0) is 32.5 Å². The highest BCUT2D eigenvalue weighted by Crippen LogP contribution is 2.19. The van der Waals surface area contributed by atoms with E-state index in [0.717, 1.165) is 51.7 Å². The number of benzene rings is 1. The monoisotopic (exact) mass is 473 g/mol. The van der Waals surface area contributed by atoms with Crippen LogP contribution in [-0.2, 0) is 4.74 Å². The van der Waals surface area contributed by atoms with Crippen molar-refractivity contribution in [3.63, 3.8) is 0 Å². The maximum atomic E-state index is 5.81. The van der Waals surface area contributed by atoms with Gasteiger partial charge in [0.1, 0.15) is 0 Å². The van der Waals surface area contributed by atoms with Crippen LogP contribution in [0.25, 0.3) is 0 Å². The Hall–Kier alpha value is -1.06. The molecule has 0 amide bonds. The standard InChI is InChI=1S/C19H31N5O.HI/c1-3-20-19(21-13-18-15-23(2)11-12-25-18)22-16-9-10-24(14-16)17-7-5-4-6-8-17;/h4-8,16,18H,3,9-15H2,1-2H3,(H2,20,21,22);1H. The summed E-state index contributed by atoms with van der Waals surface area (Å²) >= 11 is 0. The van der Waals surface area contributed by atoms with Crippen molar-refractivity contribution in [3.05, 3.63) is 30.3 Å². The van der Waals surface area contributed by atoms with Gasteiger partial charge in [-0.2, -0.15) is 0 Å². The lowest BCUT2D eigenvalue weighted by molar-refractivity contribution is -0.0136. The second-order valence-corrected chi connectivity index (χ2v) is 6.89. The first-order valence-corrected chi connectivity index (χ1v) is 9.39. The number of nitrogens with zero attached hydrogens (tertiary/aromatic N) is 3. The van der Waals surface area contributed by atoms with Crippen molar-refractivity contribution in [2.24, 2.45) is 4.99 Å². The highest BCUT2D eigenvalue weighted by atomic mass is 127. The first-order valence-electron chi connectivity index (χ1n) is 9.39. The number of hydrogen-bond donors (Lipinski definition) is 2. The number of likely N-dealkylation sites (N-methyl/N-ethyl adjacent to an activating group) is 1. The molecule has 0 bridgehead atoms. The highest BCUT2D eigenvalue weighted by Gasteiger charge is 2.23. The van der Waals surface area contributed by atoms with E-state index < -0.39 is 0 Å². The molecule has 26 heavy (non-hydrogen) atoms. The minimum Gasteiger partial charge on any atom is -0.374 e. The van der Waals surface area contributed by atoms with E-state index in [2.05, 4.69) is 64.7 Å². The predicted octanol–water partition coefficient (Wildman–Crippen LogP) is 1.77. The molecule has 2 fully saturated rings. The number of para-hydroxylation sites is 1. The fourth-order valence-electron chi connectivity index (χ4n) is 3.44. The number of hydrogen-bond acceptors (Lipinski definition) is 4. The summed E-state index contributed by atoms with van der Waals surface area (Å²) in [6.45, 7) is 8.53. The summed E-state index contributed by atoms with van der Waals surface area (Å²) in [5.74, 6) is 0.902. The average Bonchev–Trinajstić information content (AvgIpc) is 3.09. The van der Waals surface area contributed by atoms with Crippen molar-refractivity contribution < 1.29 is 4.74 Å². The summed E-state index contributed by atoms with van der Waals surface area (Å²) in [5.41, 5.74) is 1.30. The fourth-order valence-corrected chi connectivity index (χ4v) is 3.44. The molecule has 0 spiro atoms. The van der Waals surface area contributed by atoms with Crippen LogP contribution in [-0.4, -0.2) is 75.9 Å². The number of aliphatic imine (C=N–C) groups is 1. The molecule has 0 aromatic heterocycles. The molecule has 0 radical (unpaired) electrons. The molecule has 2 aliphatic heterocycles. The first kappa shape index (κ1) is 21.2. The fraction of sp³-hybridized carbons (Fsp3) is 0.632. The first-order chi connectivity index (χ1) is 12.2. The molecule has 0 saturated carbocycles. The number of nitrogens with one attached hydrogen (secondary N) is 2. The molecule has 1 aromatic carbocycles. The summed E-state index contributed by atoms with van der Waals surface area (Å²) in [5, 5.41) is 6.96. The number of morpholine rings is 1. The second-order valence-electron chi connectivity index (χ2n) is 6.89. The van der Waals surface area contributed by atoms with Gasteiger partial charge in [-0.1, -0.05) is 18.2 Å². The average molecular weight is 473 g/mol. The SMILES string of the molecule is CCNC(=NCC1CN(C)CCO1)NC1CCN(c2ccccc2)C1.I. The Balaban J connectivity index is 0.00000243. The van der Waals surface area contributed by atoms with Crippen LogP contribution in [0.1, 0.15) is 13.3 Å². The third kappa shape index (κ3) is 6.28. The van der Waals surface area contributed by atoms with Gasteiger partial charge in [-0.3, -0.25) is 4.99 Å². The van der Waals surface area contributed by atoms with Crippen LogP contribution in [0.5, 0.6) is 0 Å². The van der Waals surface area contributed by atoms with Crippen molar-refractivity contribution in [1.82, 2.24) is 15.5 Å². The second kappa shape index (κ2) is 10.9. The summed E-state index contributed by atoms with van der Waals surface area (Å²) in [6, 6.07) is 11.0. The predicted molar refractivity (Wildman–Crippen MR) is 119 cm³/mol. The van der Waals surface area contributed by atoms with Gasteiger partial charge in [-0.15, -0.1) is 24.0 Å². The van der Waals surface area contributed by atoms with Gasteiger partial charge < -0.3 is 25.2 Å². The number of halogens is 1. The Bertz CT molecular complexity index is 556. The van der Waals surface area contributed by atoms with E-state index in [1.54, 1.807) is 0 Å². The van der Waals surface area contributed by atoms with Crippen molar-refractivity contribution in [2.45, 2.75) is 25.5 Å². The molecule has 2 saturated heterocycles. The van der Waals surface area contributed by atoms with Gasteiger partial charge in [0.25, 0.3) is 0 Å². The van der Waals surface area contributed by atoms with E-state index in [-0.39, 0.29) is 30.1 Å². The lowest BCUT2D eigenvalue weighted by Crippen LogP contribution is -2.46. The van der Waals surface area contributed by atoms with Crippen LogP contribution in [0.15, 0.2) is 35.3 Å². The molecule has 2 aliphatic rings. The zero-order valence-electron chi connectivity index (χ0n) is 15.9. The molecular weight excluding hydrogens is 441 g/mol. The van der Waals surface area contributed by atoms with Gasteiger partial charge >= 0.3 is 0 Å². The van der Waals surface area contributed by atoms with Crippen molar-refractivity contribution in [1.29, 1.82) is 0 Å². The molecule has 3 rings (SSSR count). The quantitative estimate of drug-likeness (QED) is 0.388. The number of guanidine groups is 1. The summed E-state index contributed by atoms with van der Waals surface area (Å²) in [4.78, 5) is 9.49. The third-order valence-electron chi connectivity index (χ3n) is 4.79. The van der Waals surface area contributed by atoms with Crippen LogP contribution in [0, 0.1) is 0 Å². The Kier molecular flexibility index (Phi) is 8.94. The molecule has 2 heterocycles. The number of ether oxygens (including phenoxy) is 1. The summed E-state index contributed by atoms with van der Waals surface area (Å²) in [7, 11) is 2.14. The molecule has 1 aromatic rings. The minimum absolute atomic E-state index is 0. The van der Waals surface area contributed by atoms with Crippen molar-refractivity contribution >= 4 is 35.6 Å². The lowest BCUT2D eigenvalue weighted by Gasteiger charge is -2.29. The minimum atomic E-state index is 0. The van der Waals surface area contributed by atoms with Crippen LogP contribution in [0.2, 0.25) is 0 Å². The van der Waals surface area contributed by atoms with Gasteiger partial charge in [0, 0.05) is 44.5 Å². The van der Waals surface area contributed by atoms with Gasteiger partial charge in [0.05, 0.1) is 19.3 Å². The maximum absolute atomic E-state index is 5.81. The molecule has 2 N–H and O–H groups in total. The lowest BCUT2D eigenvalue weighted by atomic mass is 10.2. The van der Waals surface area contributed by atoms with Gasteiger partial charge in [0.15, 0.2) is 5.96 Å². The summed E-state index contributed by atoms with van der Waals surface area (Å²) < 4.78 is 5.81. The Morgan fingerprint density at radius 3 is 2.77 bits per heavy atom. The summed E-state index contributed by atoms with van der Waals surface area (Å²) in [6.07, 6.45) is 1.32. The smallest absolute Gasteiger partial charge is 0.191 e. The molecule has 7 heteroatoms. The van der Waals surface area contributed by atoms with Crippen molar-refractivity contribution in [3.8, 4) is 0 Å². The zero-order chi connectivity index (χ0) is 17.5. The van der Waals surface area contributed by atoms with Gasteiger partial charge in [0.2, 0.25) is 0 Å². The van der Waals surface area contributed by atoms with E-state index in [0.29, 0.717) is 12.6 Å². The zero-order valence-corrected chi connectivity index (χ0v) is 18.2. The molecule has 2 unspecified atom stereocenters. The van der Waals surface area contributed by atoms with E-state index in [4.69, 9.17) is 9.73 Å². The van der Waals surface area contributed by atoms with Gasteiger partial charge in [-0.25, -0.2) is 0 Å². The molecule has 6 nitrogen and oxygen atoms in total. The van der Waals surface area contributed by atoms with E-state index in [1.165, 1.54) is 5.69 Å². The number of anilines is 1. The highest BCUT2D eigenvalue weighted by molar-refractivity contribution is 14.0. The Morgan fingerprint density at radius 2 is 2.04 bits per heavy atom. The van der Waals surface area contributed by atoms with Crippen LogP contribution >= 0.6 is 24.0 Å². The van der Waals surface area contributed by atoms with E-state index in [9.17, 15) is 0 Å². The third-order valence-corrected chi connectivity index (χ3v) is 4.79. The molecular formula is C19H32IN5O. The topological polar surface area (TPSA) is 52.1 Å². The Labute approximate surface area is 174 Å². The maximum Gasteiger partial charge on any atom is 0.191 e. The van der Waals surface area contributed by atoms with E-state index in [1.807, 2.05) is 0 Å². The number of rotatable bonds is 5. The molecule has 2 atom stereocenters. The molecule has 146 valence electrons.